The lowest BCUT2D eigenvalue weighted by Gasteiger charge is -2.26. The van der Waals surface area contributed by atoms with Gasteiger partial charge in [0, 0.05) is 24.0 Å². The van der Waals surface area contributed by atoms with Gasteiger partial charge >= 0.3 is 5.97 Å². The molecule has 0 unspecified atom stereocenters. The molecule has 4 aromatic rings. The first-order valence-electron chi connectivity index (χ1n) is 9.96. The highest BCUT2D eigenvalue weighted by Crippen LogP contribution is 2.29. The van der Waals surface area contributed by atoms with Gasteiger partial charge in [-0.3, -0.25) is 19.5 Å². The maximum atomic E-state index is 12.3. The summed E-state index contributed by atoms with van der Waals surface area (Å²) in [5.41, 5.74) is 2.67. The molecule has 0 spiro atoms. The number of halogens is 1. The summed E-state index contributed by atoms with van der Waals surface area (Å²) >= 11 is 6.38. The van der Waals surface area contributed by atoms with Crippen LogP contribution in [0.15, 0.2) is 79.3 Å². The van der Waals surface area contributed by atoms with E-state index in [9.17, 15) is 4.79 Å². The molecule has 0 aliphatic carbocycles. The minimum Gasteiger partial charge on any atom is -0.489 e. The number of rotatable bonds is 8. The minimum atomic E-state index is -0.347. The van der Waals surface area contributed by atoms with Crippen molar-refractivity contribution in [3.8, 4) is 5.75 Å². The van der Waals surface area contributed by atoms with Crippen LogP contribution in [-0.4, -0.2) is 28.8 Å². The maximum Gasteiger partial charge on any atom is 0.327 e. The summed E-state index contributed by atoms with van der Waals surface area (Å²) in [5, 5.41) is 3.19. The molecule has 4 rings (SSSR count). The fraction of sp³-hybridized carbons (Fsp3) is 0.167. The molecular weight excluding hydrogens is 414 g/mol. The van der Waals surface area contributed by atoms with E-state index in [-0.39, 0.29) is 12.5 Å². The Balaban J connectivity index is 1.64. The maximum absolute atomic E-state index is 12.3. The average Bonchev–Trinajstić information content (AvgIpc) is 3.21. The van der Waals surface area contributed by atoms with Crippen LogP contribution in [-0.2, 0) is 16.1 Å². The lowest BCUT2D eigenvalue weighted by molar-refractivity contribution is -0.141. The topological polar surface area (TPSA) is 56.6 Å². The number of fused-ring (bicyclic) bond motifs is 1. The number of benzene rings is 2. The van der Waals surface area contributed by atoms with E-state index in [1.165, 1.54) is 0 Å². The molecular formula is C24H22ClN3O3. The van der Waals surface area contributed by atoms with Crippen molar-refractivity contribution in [2.45, 2.75) is 13.5 Å². The Morgan fingerprint density at radius 3 is 2.74 bits per heavy atom. The molecule has 0 saturated heterocycles. The van der Waals surface area contributed by atoms with E-state index < -0.39 is 0 Å². The second-order valence-corrected chi connectivity index (χ2v) is 7.25. The van der Waals surface area contributed by atoms with Crippen LogP contribution >= 0.6 is 11.6 Å². The minimum absolute atomic E-state index is 0.00755. The van der Waals surface area contributed by atoms with Crippen molar-refractivity contribution in [3.63, 3.8) is 0 Å². The van der Waals surface area contributed by atoms with Gasteiger partial charge in [0.05, 0.1) is 22.8 Å². The van der Waals surface area contributed by atoms with Gasteiger partial charge in [0.2, 0.25) is 0 Å². The summed E-state index contributed by atoms with van der Waals surface area (Å²) in [6.07, 6.45) is 5.08. The molecule has 2 heterocycles. The van der Waals surface area contributed by atoms with Gasteiger partial charge in [-0.2, -0.15) is 0 Å². The Morgan fingerprint density at radius 2 is 1.97 bits per heavy atom. The molecule has 0 N–H and O–H groups in total. The molecule has 2 aromatic carbocycles. The lowest BCUT2D eigenvalue weighted by Crippen LogP contribution is -2.35. The van der Waals surface area contributed by atoms with E-state index in [4.69, 9.17) is 21.1 Å². The number of aromatic nitrogens is 2. The van der Waals surface area contributed by atoms with Crippen LogP contribution in [0.25, 0.3) is 10.9 Å². The Labute approximate surface area is 185 Å². The van der Waals surface area contributed by atoms with Gasteiger partial charge in [-0.25, -0.2) is 0 Å². The number of carbonyl (C=O) groups is 1. The lowest BCUT2D eigenvalue weighted by atomic mass is 10.2. The highest BCUT2D eigenvalue weighted by molar-refractivity contribution is 6.33. The number of pyridine rings is 1. The molecule has 2 aromatic heterocycles. The van der Waals surface area contributed by atoms with E-state index >= 15 is 0 Å². The summed E-state index contributed by atoms with van der Waals surface area (Å²) in [7, 11) is 0. The normalized spacial score (nSPS) is 10.8. The number of carbonyl (C=O) groups excluding carboxylic acids is 1. The van der Waals surface area contributed by atoms with Crippen LogP contribution in [0.5, 0.6) is 5.75 Å². The quantitative estimate of drug-likeness (QED) is 0.360. The standard InChI is InChI=1S/C24H22ClN3O3/c1-2-30-24(29)16-28(23-10-12-26-15-21(23)25)27-13-11-19-14-20(8-9-22(19)27)31-17-18-6-4-3-5-7-18/h3-15H,2,16-17H2,1H3. The van der Waals surface area contributed by atoms with Crippen LogP contribution in [0.3, 0.4) is 0 Å². The summed E-state index contributed by atoms with van der Waals surface area (Å²) < 4.78 is 13.0. The predicted molar refractivity (Wildman–Crippen MR) is 121 cm³/mol. The number of nitrogens with zero attached hydrogens (tertiary/aromatic N) is 3. The summed E-state index contributed by atoms with van der Waals surface area (Å²) in [6, 6.07) is 19.6. The first-order valence-corrected chi connectivity index (χ1v) is 10.3. The Hall–Kier alpha value is -3.51. The van der Waals surface area contributed by atoms with Crippen molar-refractivity contribution in [3.05, 3.63) is 89.8 Å². The third-order valence-electron chi connectivity index (χ3n) is 4.76. The SMILES string of the molecule is CCOC(=O)CN(c1ccncc1Cl)n1ccc2cc(OCc3ccccc3)ccc21. The van der Waals surface area contributed by atoms with Gasteiger partial charge in [-0.1, -0.05) is 41.9 Å². The third kappa shape index (κ3) is 4.81. The molecule has 0 amide bonds. The average molecular weight is 436 g/mol. The first kappa shape index (κ1) is 20.8. The van der Waals surface area contributed by atoms with Crippen molar-refractivity contribution >= 4 is 34.2 Å². The van der Waals surface area contributed by atoms with Crippen LogP contribution in [0.1, 0.15) is 12.5 Å². The molecule has 0 atom stereocenters. The molecule has 0 bridgehead atoms. The molecule has 0 radical (unpaired) electrons. The monoisotopic (exact) mass is 435 g/mol. The zero-order chi connectivity index (χ0) is 21.6. The zero-order valence-corrected chi connectivity index (χ0v) is 17.8. The second kappa shape index (κ2) is 9.53. The van der Waals surface area contributed by atoms with Crippen molar-refractivity contribution in [1.29, 1.82) is 0 Å². The Kier molecular flexibility index (Phi) is 6.38. The van der Waals surface area contributed by atoms with Gasteiger partial charge in [-0.05, 0) is 42.8 Å². The van der Waals surface area contributed by atoms with Crippen LogP contribution < -0.4 is 9.75 Å². The molecule has 31 heavy (non-hydrogen) atoms. The smallest absolute Gasteiger partial charge is 0.327 e. The molecule has 7 heteroatoms. The highest BCUT2D eigenvalue weighted by Gasteiger charge is 2.19. The van der Waals surface area contributed by atoms with E-state index in [1.807, 2.05) is 65.5 Å². The van der Waals surface area contributed by atoms with E-state index in [0.29, 0.717) is 23.9 Å². The van der Waals surface area contributed by atoms with Crippen molar-refractivity contribution < 1.29 is 14.3 Å². The van der Waals surface area contributed by atoms with Gasteiger partial charge in [-0.15, -0.1) is 0 Å². The van der Waals surface area contributed by atoms with E-state index in [0.717, 1.165) is 22.2 Å². The fourth-order valence-electron chi connectivity index (χ4n) is 3.33. The van der Waals surface area contributed by atoms with Crippen LogP contribution in [0, 0.1) is 0 Å². The number of hydrogen-bond donors (Lipinski definition) is 0. The van der Waals surface area contributed by atoms with Gasteiger partial charge in [0.15, 0.2) is 0 Å². The highest BCUT2D eigenvalue weighted by atomic mass is 35.5. The molecule has 0 aliphatic rings. The summed E-state index contributed by atoms with van der Waals surface area (Å²) in [4.78, 5) is 16.3. The van der Waals surface area contributed by atoms with E-state index in [1.54, 1.807) is 30.4 Å². The van der Waals surface area contributed by atoms with Gasteiger partial charge in [0.25, 0.3) is 0 Å². The molecule has 0 fully saturated rings. The number of anilines is 1. The second-order valence-electron chi connectivity index (χ2n) is 6.84. The van der Waals surface area contributed by atoms with Crippen molar-refractivity contribution in [1.82, 2.24) is 9.66 Å². The van der Waals surface area contributed by atoms with Crippen LogP contribution in [0.2, 0.25) is 5.02 Å². The van der Waals surface area contributed by atoms with Gasteiger partial charge < -0.3 is 9.47 Å². The fourth-order valence-corrected chi connectivity index (χ4v) is 3.55. The van der Waals surface area contributed by atoms with Crippen LogP contribution in [0.4, 0.5) is 5.69 Å². The number of hydrogen-bond acceptors (Lipinski definition) is 5. The summed E-state index contributed by atoms with van der Waals surface area (Å²) in [5.74, 6) is 0.424. The van der Waals surface area contributed by atoms with Gasteiger partial charge in [0.1, 0.15) is 18.9 Å². The number of esters is 1. The van der Waals surface area contributed by atoms with Crippen molar-refractivity contribution in [2.24, 2.45) is 0 Å². The molecule has 0 aliphatic heterocycles. The largest absolute Gasteiger partial charge is 0.489 e. The zero-order valence-electron chi connectivity index (χ0n) is 17.1. The Bertz CT molecular complexity index is 1180. The van der Waals surface area contributed by atoms with E-state index in [2.05, 4.69) is 4.98 Å². The molecule has 6 nitrogen and oxygen atoms in total. The van der Waals surface area contributed by atoms with Crippen molar-refractivity contribution in [2.75, 3.05) is 18.2 Å². The Morgan fingerprint density at radius 1 is 1.13 bits per heavy atom. The number of ether oxygens (including phenoxy) is 2. The first-order chi connectivity index (χ1) is 15.2. The third-order valence-corrected chi connectivity index (χ3v) is 5.05. The molecule has 0 saturated carbocycles. The summed E-state index contributed by atoms with van der Waals surface area (Å²) in [6.45, 7) is 2.59. The predicted octanol–water partition coefficient (Wildman–Crippen LogP) is 5.10. The molecule has 158 valence electrons.